The van der Waals surface area contributed by atoms with Crippen molar-refractivity contribution in [3.05, 3.63) is 0 Å². The van der Waals surface area contributed by atoms with Crippen LogP contribution in [0.25, 0.3) is 0 Å². The lowest BCUT2D eigenvalue weighted by Crippen LogP contribution is -2.21. The first kappa shape index (κ1) is 10.5. The Morgan fingerprint density at radius 2 is 2.54 bits per heavy atom. The van der Waals surface area contributed by atoms with Crippen molar-refractivity contribution in [2.24, 2.45) is 5.16 Å². The molecule has 0 aromatic heterocycles. The van der Waals surface area contributed by atoms with Crippen molar-refractivity contribution in [3.8, 4) is 12.3 Å². The average Bonchev–Trinajstić information content (AvgIpc) is 2.19. The minimum absolute atomic E-state index is 0.282. The Morgan fingerprint density at radius 1 is 1.69 bits per heavy atom. The van der Waals surface area contributed by atoms with Gasteiger partial charge in [-0.1, -0.05) is 17.5 Å². The number of oxime groups is 1. The lowest BCUT2D eigenvalue weighted by molar-refractivity contribution is 0.178. The van der Waals surface area contributed by atoms with Crippen LogP contribution >= 0.6 is 11.8 Å². The summed E-state index contributed by atoms with van der Waals surface area (Å²) in [5.41, 5.74) is 1.18. The van der Waals surface area contributed by atoms with Crippen molar-refractivity contribution in [2.75, 3.05) is 12.9 Å². The number of thioether (sulfide) groups is 1. The van der Waals surface area contributed by atoms with E-state index in [1.807, 2.05) is 11.8 Å². The van der Waals surface area contributed by atoms with E-state index < -0.39 is 0 Å². The van der Waals surface area contributed by atoms with Crippen LogP contribution in [-0.2, 0) is 4.84 Å². The molecule has 1 aliphatic carbocycles. The molecule has 0 bridgehead atoms. The molecule has 2 nitrogen and oxygen atoms in total. The van der Waals surface area contributed by atoms with Crippen LogP contribution in [-0.4, -0.2) is 23.8 Å². The Morgan fingerprint density at radius 3 is 3.23 bits per heavy atom. The second kappa shape index (κ2) is 5.93. The lowest BCUT2D eigenvalue weighted by atomic mass is 9.98. The van der Waals surface area contributed by atoms with Crippen LogP contribution in [0.5, 0.6) is 0 Å². The van der Waals surface area contributed by atoms with Crippen molar-refractivity contribution in [1.29, 1.82) is 0 Å². The molecular weight excluding hydrogens is 182 g/mol. The van der Waals surface area contributed by atoms with E-state index in [4.69, 9.17) is 11.3 Å². The van der Waals surface area contributed by atoms with E-state index in [-0.39, 0.29) is 6.61 Å². The Bertz CT molecular complexity index is 219. The third-order valence-electron chi connectivity index (χ3n) is 2.14. The fourth-order valence-electron chi connectivity index (χ4n) is 1.47. The first-order valence-electron chi connectivity index (χ1n) is 4.53. The zero-order valence-electron chi connectivity index (χ0n) is 7.95. The molecule has 0 saturated heterocycles. The first-order chi connectivity index (χ1) is 6.38. The minimum Gasteiger partial charge on any atom is -0.383 e. The largest absolute Gasteiger partial charge is 0.383 e. The van der Waals surface area contributed by atoms with E-state index in [1.165, 1.54) is 25.0 Å². The molecule has 1 unspecified atom stereocenters. The molecule has 0 aliphatic heterocycles. The SMILES string of the molecule is C#CCO/N=C1\CCCCC1SC. The number of rotatable bonds is 3. The summed E-state index contributed by atoms with van der Waals surface area (Å²) in [4.78, 5) is 4.99. The summed E-state index contributed by atoms with van der Waals surface area (Å²) in [6, 6.07) is 0. The van der Waals surface area contributed by atoms with Crippen molar-refractivity contribution in [1.82, 2.24) is 0 Å². The summed E-state index contributed by atoms with van der Waals surface area (Å²) < 4.78 is 0. The average molecular weight is 197 g/mol. The highest BCUT2D eigenvalue weighted by molar-refractivity contribution is 7.99. The topological polar surface area (TPSA) is 21.6 Å². The molecule has 0 aromatic rings. The van der Waals surface area contributed by atoms with Gasteiger partial charge in [-0.05, 0) is 25.5 Å². The van der Waals surface area contributed by atoms with E-state index >= 15 is 0 Å². The second-order valence-electron chi connectivity index (χ2n) is 3.03. The van der Waals surface area contributed by atoms with Crippen molar-refractivity contribution >= 4 is 17.5 Å². The maximum absolute atomic E-state index is 5.06. The molecular formula is C10H15NOS. The first-order valence-corrected chi connectivity index (χ1v) is 5.82. The number of nitrogens with zero attached hydrogens (tertiary/aromatic N) is 1. The van der Waals surface area contributed by atoms with E-state index in [0.29, 0.717) is 5.25 Å². The molecule has 0 amide bonds. The van der Waals surface area contributed by atoms with Crippen molar-refractivity contribution < 1.29 is 4.84 Å². The molecule has 1 atom stereocenters. The zero-order valence-corrected chi connectivity index (χ0v) is 8.77. The summed E-state index contributed by atoms with van der Waals surface area (Å²) in [7, 11) is 0. The van der Waals surface area contributed by atoms with E-state index in [9.17, 15) is 0 Å². The Labute approximate surface area is 84.1 Å². The second-order valence-corrected chi connectivity index (χ2v) is 4.07. The molecule has 1 aliphatic rings. The maximum Gasteiger partial charge on any atom is 0.177 e. The van der Waals surface area contributed by atoms with Gasteiger partial charge in [0.2, 0.25) is 0 Å². The number of hydrogen-bond acceptors (Lipinski definition) is 3. The predicted molar refractivity (Wildman–Crippen MR) is 58.0 cm³/mol. The standard InChI is InChI=1S/C10H15NOS/c1-3-8-12-11-9-6-4-5-7-10(9)13-2/h1,10H,4-8H2,2H3/b11-9+. The fourth-order valence-corrected chi connectivity index (χ4v) is 2.31. The van der Waals surface area contributed by atoms with Crippen molar-refractivity contribution in [3.63, 3.8) is 0 Å². The van der Waals surface area contributed by atoms with Gasteiger partial charge in [-0.2, -0.15) is 11.8 Å². The Kier molecular flexibility index (Phi) is 4.77. The highest BCUT2D eigenvalue weighted by Crippen LogP contribution is 2.24. The van der Waals surface area contributed by atoms with Gasteiger partial charge in [0, 0.05) is 5.25 Å². The van der Waals surface area contributed by atoms with Gasteiger partial charge < -0.3 is 4.84 Å². The monoisotopic (exact) mass is 197 g/mol. The molecule has 13 heavy (non-hydrogen) atoms. The number of hydrogen-bond donors (Lipinski definition) is 0. The van der Waals surface area contributed by atoms with Gasteiger partial charge >= 0.3 is 0 Å². The molecule has 0 aromatic carbocycles. The highest BCUT2D eigenvalue weighted by Gasteiger charge is 2.19. The summed E-state index contributed by atoms with van der Waals surface area (Å²) >= 11 is 1.85. The van der Waals surface area contributed by atoms with E-state index in [0.717, 1.165) is 6.42 Å². The predicted octanol–water partition coefficient (Wildman–Crippen LogP) is 2.30. The molecule has 1 saturated carbocycles. The smallest absolute Gasteiger partial charge is 0.177 e. The lowest BCUT2D eigenvalue weighted by Gasteiger charge is -2.21. The van der Waals surface area contributed by atoms with Crippen LogP contribution in [0.15, 0.2) is 5.16 Å². The summed E-state index contributed by atoms with van der Waals surface area (Å²) in [5, 5.41) is 4.63. The molecule has 0 spiro atoms. The Hall–Kier alpha value is -0.620. The molecule has 0 N–H and O–H groups in total. The highest BCUT2D eigenvalue weighted by atomic mass is 32.2. The van der Waals surface area contributed by atoms with E-state index in [2.05, 4.69) is 17.3 Å². The van der Waals surface area contributed by atoms with Crippen LogP contribution in [0.4, 0.5) is 0 Å². The molecule has 0 radical (unpaired) electrons. The van der Waals surface area contributed by atoms with Crippen LogP contribution in [0.1, 0.15) is 25.7 Å². The van der Waals surface area contributed by atoms with Crippen LogP contribution in [0.2, 0.25) is 0 Å². The zero-order chi connectivity index (χ0) is 9.52. The molecule has 1 rings (SSSR count). The number of terminal acetylenes is 1. The van der Waals surface area contributed by atoms with Crippen LogP contribution < -0.4 is 0 Å². The minimum atomic E-state index is 0.282. The molecule has 3 heteroatoms. The fraction of sp³-hybridized carbons (Fsp3) is 0.700. The van der Waals surface area contributed by atoms with Crippen LogP contribution in [0, 0.1) is 12.3 Å². The van der Waals surface area contributed by atoms with Gasteiger partial charge in [0.1, 0.15) is 0 Å². The van der Waals surface area contributed by atoms with Crippen LogP contribution in [0.3, 0.4) is 0 Å². The molecule has 1 fully saturated rings. The van der Waals surface area contributed by atoms with Gasteiger partial charge in [0.25, 0.3) is 0 Å². The normalized spacial score (nSPS) is 25.5. The van der Waals surface area contributed by atoms with Gasteiger partial charge in [0.15, 0.2) is 6.61 Å². The maximum atomic E-state index is 5.06. The van der Waals surface area contributed by atoms with Gasteiger partial charge in [-0.15, -0.1) is 6.42 Å². The third kappa shape index (κ3) is 3.31. The third-order valence-corrected chi connectivity index (χ3v) is 3.21. The molecule has 72 valence electrons. The quantitative estimate of drug-likeness (QED) is 0.393. The van der Waals surface area contributed by atoms with E-state index in [1.54, 1.807) is 0 Å². The summed E-state index contributed by atoms with van der Waals surface area (Å²) in [6.45, 7) is 0.282. The van der Waals surface area contributed by atoms with Gasteiger partial charge in [0.05, 0.1) is 5.71 Å². The Balaban J connectivity index is 2.44. The molecule has 0 heterocycles. The summed E-state index contributed by atoms with van der Waals surface area (Å²) in [5.74, 6) is 2.40. The van der Waals surface area contributed by atoms with Gasteiger partial charge in [-0.25, -0.2) is 0 Å². The van der Waals surface area contributed by atoms with Crippen molar-refractivity contribution in [2.45, 2.75) is 30.9 Å². The van der Waals surface area contributed by atoms with Gasteiger partial charge in [-0.3, -0.25) is 0 Å². The summed E-state index contributed by atoms with van der Waals surface area (Å²) in [6.07, 6.45) is 12.0.